The van der Waals surface area contributed by atoms with Gasteiger partial charge in [0.05, 0.1) is 12.1 Å². The smallest absolute Gasteiger partial charge is 0.326 e. The molecule has 50 heavy (non-hydrogen) atoms. The first-order valence-electron chi connectivity index (χ1n) is 16.1. The van der Waals surface area contributed by atoms with E-state index in [0.717, 1.165) is 0 Å². The first-order valence-corrected chi connectivity index (χ1v) is 16.7. The number of nitrogens with one attached hydrogen (secondary N) is 2. The van der Waals surface area contributed by atoms with E-state index in [1.54, 1.807) is 54.6 Å². The molecule has 5 atom stereocenters. The molecule has 0 spiro atoms. The first kappa shape index (κ1) is 34.6. The topological polar surface area (TPSA) is 145 Å². The Labute approximate surface area is 292 Å². The number of hydrogen-bond donors (Lipinski definition) is 4. The molecule has 10 nitrogen and oxygen atoms in total. The molecule has 0 radical (unpaired) electrons. The number of carboxylic acid groups (broad SMARTS) is 1. The second-order valence-electron chi connectivity index (χ2n) is 11.6. The Kier molecular flexibility index (Phi) is 11.4. The predicted octanol–water partition coefficient (Wildman–Crippen LogP) is 4.58. The number of thioether (sulfide) groups is 1. The fourth-order valence-electron chi connectivity index (χ4n) is 5.37. The van der Waals surface area contributed by atoms with Crippen LogP contribution in [0.2, 0.25) is 1.41 Å². The van der Waals surface area contributed by atoms with Crippen molar-refractivity contribution in [3.8, 4) is 5.75 Å². The number of β-lactam (4-membered cyclic amide) rings is 1. The SMILES string of the molecule is [2H]N(C(=O)COc1ccc([C@@H]2[C@@H](SCC(O)c3ccc(F)cc3)C(=O)N2c2ccc(F)cc2)cc1)[C@H](C)C(=O)N[C@@H](Cc1ccccc1)C(=O)O. The van der Waals surface area contributed by atoms with Crippen molar-refractivity contribution < 1.29 is 44.3 Å². The summed E-state index contributed by atoms with van der Waals surface area (Å²) < 4.78 is 40.8. The molecule has 1 unspecified atom stereocenters. The molecular formula is C37H35F2N3O7S. The lowest BCUT2D eigenvalue weighted by Crippen LogP contribution is -2.57. The highest BCUT2D eigenvalue weighted by atomic mass is 32.2. The van der Waals surface area contributed by atoms with E-state index in [0.29, 0.717) is 27.7 Å². The molecule has 260 valence electrons. The number of carboxylic acids is 1. The van der Waals surface area contributed by atoms with Gasteiger partial charge >= 0.3 is 5.97 Å². The molecule has 4 aromatic rings. The Morgan fingerprint density at radius 3 is 2.18 bits per heavy atom. The summed E-state index contributed by atoms with van der Waals surface area (Å²) in [7, 11) is 0. The summed E-state index contributed by atoms with van der Waals surface area (Å²) >= 11 is 1.24. The number of carbonyl (C=O) groups is 4. The molecular weight excluding hydrogens is 668 g/mol. The standard InChI is InChI=1S/C37H35F2N3O7S/c1-22(35(45)41-30(37(47)48)19-23-5-3-2-4-6-23)40-32(44)20-49-29-17-9-25(10-18-29)33-34(36(46)42(33)28-15-13-27(39)14-16-28)50-21-31(43)24-7-11-26(38)12-8-24/h2-18,22,30-31,33-34,43H,19-21H2,1H3,(H,40,44)(H,41,45)(H,47,48)/t22-,30+,31?,33-,34-/m1/s1/i/hD. The minimum atomic E-state index is -1.31. The normalized spacial score (nSPS) is 17.5. The van der Waals surface area contributed by atoms with Gasteiger partial charge in [-0.05, 0) is 72.1 Å². The van der Waals surface area contributed by atoms with Gasteiger partial charge in [0.1, 0.15) is 34.7 Å². The van der Waals surface area contributed by atoms with Gasteiger partial charge in [-0.15, -0.1) is 11.8 Å². The fraction of sp³-hybridized carbons (Fsp3) is 0.243. The summed E-state index contributed by atoms with van der Waals surface area (Å²) in [6, 6.07) is 23.2. The van der Waals surface area contributed by atoms with Crippen molar-refractivity contribution in [3.05, 3.63) is 131 Å². The average molecular weight is 705 g/mol. The number of halogens is 2. The van der Waals surface area contributed by atoms with Gasteiger partial charge in [-0.1, -0.05) is 54.6 Å². The molecule has 1 saturated heterocycles. The zero-order valence-electron chi connectivity index (χ0n) is 27.8. The summed E-state index contributed by atoms with van der Waals surface area (Å²) in [6.45, 7) is 0.715. The highest BCUT2D eigenvalue weighted by Gasteiger charge is 2.49. The van der Waals surface area contributed by atoms with E-state index in [2.05, 4.69) is 5.32 Å². The lowest BCUT2D eigenvalue weighted by atomic mass is 9.92. The van der Waals surface area contributed by atoms with E-state index in [9.17, 15) is 38.2 Å². The van der Waals surface area contributed by atoms with Crippen molar-refractivity contribution >= 4 is 41.1 Å². The monoisotopic (exact) mass is 704 g/mol. The minimum Gasteiger partial charge on any atom is -0.484 e. The van der Waals surface area contributed by atoms with Gasteiger partial charge in [0.2, 0.25) is 11.8 Å². The van der Waals surface area contributed by atoms with Crippen LogP contribution in [0.25, 0.3) is 0 Å². The van der Waals surface area contributed by atoms with E-state index in [1.165, 1.54) is 72.1 Å². The number of aliphatic hydroxyl groups excluding tert-OH is 1. The highest BCUT2D eigenvalue weighted by Crippen LogP contribution is 2.46. The molecule has 0 aliphatic carbocycles. The largest absolute Gasteiger partial charge is 0.484 e. The van der Waals surface area contributed by atoms with Crippen molar-refractivity contribution in [3.63, 3.8) is 0 Å². The third kappa shape index (κ3) is 9.04. The van der Waals surface area contributed by atoms with Crippen LogP contribution in [0.4, 0.5) is 14.5 Å². The second-order valence-corrected chi connectivity index (χ2v) is 12.8. The number of anilines is 1. The molecule has 4 N–H and O–H groups in total. The van der Waals surface area contributed by atoms with Crippen LogP contribution in [0.5, 0.6) is 5.75 Å². The minimum absolute atomic E-state index is 0.0216. The average Bonchev–Trinajstić information content (AvgIpc) is 3.13. The number of rotatable bonds is 15. The van der Waals surface area contributed by atoms with E-state index in [-0.39, 0.29) is 23.8 Å². The summed E-state index contributed by atoms with van der Waals surface area (Å²) in [6.07, 6.45) is -0.927. The van der Waals surface area contributed by atoms with Crippen molar-refractivity contribution in [2.24, 2.45) is 0 Å². The van der Waals surface area contributed by atoms with Crippen LogP contribution in [0.1, 0.15) is 35.8 Å². The van der Waals surface area contributed by atoms with Gasteiger partial charge in [0, 0.05) is 17.9 Å². The number of nitrogens with zero attached hydrogens (tertiary/aromatic N) is 1. The summed E-state index contributed by atoms with van der Waals surface area (Å²) in [5.74, 6) is -3.62. The van der Waals surface area contributed by atoms with Crippen LogP contribution in [0, 0.1) is 11.6 Å². The van der Waals surface area contributed by atoms with E-state index < -0.39 is 65.5 Å². The lowest BCUT2D eigenvalue weighted by Gasteiger charge is -2.47. The molecule has 5 rings (SSSR count). The van der Waals surface area contributed by atoms with Crippen molar-refractivity contribution in [1.82, 2.24) is 10.6 Å². The Balaban J connectivity index is 1.20. The maximum atomic E-state index is 13.7. The Morgan fingerprint density at radius 1 is 0.940 bits per heavy atom. The summed E-state index contributed by atoms with van der Waals surface area (Å²) in [5, 5.41) is 22.5. The molecule has 0 aromatic heterocycles. The third-order valence-electron chi connectivity index (χ3n) is 8.04. The van der Waals surface area contributed by atoms with E-state index in [1.807, 2.05) is 0 Å². The van der Waals surface area contributed by atoms with E-state index in [4.69, 9.17) is 6.15 Å². The number of aliphatic hydroxyl groups is 1. The van der Waals surface area contributed by atoms with Gasteiger partial charge in [0.15, 0.2) is 8.02 Å². The predicted molar refractivity (Wildman–Crippen MR) is 183 cm³/mol. The first-order chi connectivity index (χ1) is 24.4. The van der Waals surface area contributed by atoms with Crippen LogP contribution in [0.15, 0.2) is 103 Å². The Hall–Kier alpha value is -5.27. The molecule has 0 saturated carbocycles. The number of aliphatic carboxylic acids is 1. The molecule has 4 aromatic carbocycles. The molecule has 1 fully saturated rings. The van der Waals surface area contributed by atoms with Crippen LogP contribution in [-0.2, 0) is 25.6 Å². The second kappa shape index (κ2) is 16.4. The van der Waals surface area contributed by atoms with Crippen LogP contribution in [-0.4, -0.2) is 63.6 Å². The molecule has 1 heterocycles. The van der Waals surface area contributed by atoms with Gasteiger partial charge in [-0.2, -0.15) is 0 Å². The number of amides is 3. The number of ether oxygens (including phenoxy) is 1. The highest BCUT2D eigenvalue weighted by molar-refractivity contribution is 8.00. The Morgan fingerprint density at radius 2 is 1.56 bits per heavy atom. The maximum absolute atomic E-state index is 13.7. The van der Waals surface area contributed by atoms with Crippen molar-refractivity contribution in [1.29, 1.82) is 0 Å². The zero-order chi connectivity index (χ0) is 36.7. The lowest BCUT2D eigenvalue weighted by molar-refractivity contribution is -0.142. The Bertz CT molecular complexity index is 1840. The molecule has 3 amide bonds. The van der Waals surface area contributed by atoms with Crippen molar-refractivity contribution in [2.45, 2.75) is 42.8 Å². The zero-order valence-corrected chi connectivity index (χ0v) is 27.6. The summed E-state index contributed by atoms with van der Waals surface area (Å²) in [5.41, 5.74) is 2.38. The quantitative estimate of drug-likeness (QED) is 0.132. The van der Waals surface area contributed by atoms with Gasteiger partial charge < -0.3 is 30.5 Å². The number of hydrogen-bond acceptors (Lipinski definition) is 7. The van der Waals surface area contributed by atoms with Crippen molar-refractivity contribution in [2.75, 3.05) is 17.3 Å². The molecule has 13 heteroatoms. The van der Waals surface area contributed by atoms with E-state index >= 15 is 0 Å². The number of benzene rings is 4. The molecule has 1 aliphatic heterocycles. The summed E-state index contributed by atoms with van der Waals surface area (Å²) in [4.78, 5) is 52.2. The molecule has 0 bridgehead atoms. The maximum Gasteiger partial charge on any atom is 0.326 e. The van der Waals surface area contributed by atoms with Gasteiger partial charge in [-0.3, -0.25) is 14.4 Å². The van der Waals surface area contributed by atoms with Crippen LogP contribution >= 0.6 is 11.8 Å². The third-order valence-corrected chi connectivity index (χ3v) is 9.36. The molecule has 1 aliphatic rings. The fourth-order valence-corrected chi connectivity index (χ4v) is 6.67. The number of carbonyl (C=O) groups excluding carboxylic acids is 3. The van der Waals surface area contributed by atoms with Gasteiger partial charge in [0.25, 0.3) is 5.91 Å². The van der Waals surface area contributed by atoms with Gasteiger partial charge in [-0.25, -0.2) is 13.6 Å². The van der Waals surface area contributed by atoms with Crippen LogP contribution in [0.3, 0.4) is 0 Å². The van der Waals surface area contributed by atoms with Crippen LogP contribution < -0.4 is 20.3 Å².